The molecule has 0 spiro atoms. The van der Waals surface area contributed by atoms with Crippen molar-refractivity contribution in [3.05, 3.63) is 59.7 Å². The minimum absolute atomic E-state index is 0.130. The van der Waals surface area contributed by atoms with Gasteiger partial charge >= 0.3 is 0 Å². The Hall–Kier alpha value is -2.47. The molecule has 6 heteroatoms. The molecule has 0 aromatic heterocycles. The average Bonchev–Trinajstić information content (AvgIpc) is 3.07. The van der Waals surface area contributed by atoms with Crippen molar-refractivity contribution < 1.29 is 23.0 Å². The fourth-order valence-electron chi connectivity index (χ4n) is 2.47. The minimum Gasteiger partial charge on any atom is -0.491 e. The Labute approximate surface area is 138 Å². The molecule has 2 aromatic carbocycles. The third-order valence-electron chi connectivity index (χ3n) is 3.75. The number of nitrogens with one attached hydrogen (secondary N) is 1. The van der Waals surface area contributed by atoms with Gasteiger partial charge < -0.3 is 14.8 Å². The van der Waals surface area contributed by atoms with Crippen molar-refractivity contribution >= 4 is 11.6 Å². The SMILES string of the molecule is O=C(Nc1ccc(OC[C@H]2CCCO2)cc1)c1ccc(F)cc1F. The summed E-state index contributed by atoms with van der Waals surface area (Å²) in [7, 11) is 0. The van der Waals surface area contributed by atoms with E-state index in [9.17, 15) is 13.6 Å². The zero-order chi connectivity index (χ0) is 16.9. The highest BCUT2D eigenvalue weighted by atomic mass is 19.1. The van der Waals surface area contributed by atoms with Crippen LogP contribution in [0.3, 0.4) is 0 Å². The van der Waals surface area contributed by atoms with Crippen LogP contribution in [0.15, 0.2) is 42.5 Å². The summed E-state index contributed by atoms with van der Waals surface area (Å²) in [5.74, 6) is -1.60. The van der Waals surface area contributed by atoms with Gasteiger partial charge in [0.05, 0.1) is 11.7 Å². The van der Waals surface area contributed by atoms with E-state index in [2.05, 4.69) is 5.32 Å². The number of anilines is 1. The third kappa shape index (κ3) is 4.08. The Balaban J connectivity index is 1.58. The van der Waals surface area contributed by atoms with Gasteiger partial charge in [0.1, 0.15) is 24.0 Å². The summed E-state index contributed by atoms with van der Waals surface area (Å²) in [6.07, 6.45) is 2.18. The lowest BCUT2D eigenvalue weighted by Crippen LogP contribution is -2.16. The first-order chi connectivity index (χ1) is 11.6. The molecule has 1 aliphatic heterocycles. The fourth-order valence-corrected chi connectivity index (χ4v) is 2.47. The van der Waals surface area contributed by atoms with Crippen molar-refractivity contribution in [2.24, 2.45) is 0 Å². The number of carbonyl (C=O) groups excluding carboxylic acids is 1. The third-order valence-corrected chi connectivity index (χ3v) is 3.75. The lowest BCUT2D eigenvalue weighted by molar-refractivity contribution is 0.0679. The number of ether oxygens (including phenoxy) is 2. The highest BCUT2D eigenvalue weighted by molar-refractivity contribution is 6.04. The second kappa shape index (κ2) is 7.40. The monoisotopic (exact) mass is 333 g/mol. The molecule has 1 fully saturated rings. The van der Waals surface area contributed by atoms with Crippen molar-refractivity contribution in [1.82, 2.24) is 0 Å². The number of hydrogen-bond acceptors (Lipinski definition) is 3. The summed E-state index contributed by atoms with van der Waals surface area (Å²) in [6, 6.07) is 9.57. The molecule has 1 atom stereocenters. The number of halogens is 2. The van der Waals surface area contributed by atoms with Gasteiger partial charge in [-0.1, -0.05) is 0 Å². The van der Waals surface area contributed by atoms with E-state index < -0.39 is 17.5 Å². The van der Waals surface area contributed by atoms with Crippen molar-refractivity contribution in [2.75, 3.05) is 18.5 Å². The van der Waals surface area contributed by atoms with E-state index in [1.54, 1.807) is 24.3 Å². The van der Waals surface area contributed by atoms with Gasteiger partial charge in [0.2, 0.25) is 0 Å². The zero-order valence-electron chi connectivity index (χ0n) is 12.9. The molecular formula is C18H17F2NO3. The smallest absolute Gasteiger partial charge is 0.258 e. The summed E-state index contributed by atoms with van der Waals surface area (Å²) in [6.45, 7) is 1.27. The lowest BCUT2D eigenvalue weighted by Gasteiger charge is -2.12. The summed E-state index contributed by atoms with van der Waals surface area (Å²) >= 11 is 0. The van der Waals surface area contributed by atoms with E-state index in [-0.39, 0.29) is 11.7 Å². The van der Waals surface area contributed by atoms with Gasteiger partial charge in [-0.25, -0.2) is 8.78 Å². The van der Waals surface area contributed by atoms with E-state index in [1.807, 2.05) is 0 Å². The molecule has 0 saturated carbocycles. The van der Waals surface area contributed by atoms with Crippen LogP contribution in [-0.4, -0.2) is 25.2 Å². The number of carbonyl (C=O) groups is 1. The molecule has 24 heavy (non-hydrogen) atoms. The standard InChI is InChI=1S/C18H17F2NO3/c19-12-3-8-16(17(20)10-12)18(22)21-13-4-6-14(7-5-13)24-11-15-2-1-9-23-15/h3-8,10,15H,1-2,9,11H2,(H,21,22)/t15-/m1/s1. The second-order valence-corrected chi connectivity index (χ2v) is 5.55. The van der Waals surface area contributed by atoms with E-state index in [1.165, 1.54) is 0 Å². The molecule has 0 bridgehead atoms. The predicted octanol–water partition coefficient (Wildman–Crippen LogP) is 3.77. The minimum atomic E-state index is -0.899. The van der Waals surface area contributed by atoms with Gasteiger partial charge in [-0.05, 0) is 49.2 Å². The predicted molar refractivity (Wildman–Crippen MR) is 85.2 cm³/mol. The Morgan fingerprint density at radius 2 is 2.00 bits per heavy atom. The van der Waals surface area contributed by atoms with Crippen LogP contribution in [0.1, 0.15) is 23.2 Å². The molecule has 3 rings (SSSR count). The molecular weight excluding hydrogens is 316 g/mol. The second-order valence-electron chi connectivity index (χ2n) is 5.55. The van der Waals surface area contributed by atoms with Crippen molar-refractivity contribution in [2.45, 2.75) is 18.9 Å². The lowest BCUT2D eigenvalue weighted by atomic mass is 10.2. The fraction of sp³-hybridized carbons (Fsp3) is 0.278. The van der Waals surface area contributed by atoms with Crippen molar-refractivity contribution in [1.29, 1.82) is 0 Å². The molecule has 1 aliphatic rings. The summed E-state index contributed by atoms with van der Waals surface area (Å²) < 4.78 is 37.6. The van der Waals surface area contributed by atoms with Gasteiger partial charge in [-0.15, -0.1) is 0 Å². The number of amides is 1. The van der Waals surface area contributed by atoms with E-state index in [4.69, 9.17) is 9.47 Å². The quantitative estimate of drug-likeness (QED) is 0.906. The first-order valence-corrected chi connectivity index (χ1v) is 7.73. The van der Waals surface area contributed by atoms with Crippen LogP contribution in [0.2, 0.25) is 0 Å². The van der Waals surface area contributed by atoms with E-state index in [0.29, 0.717) is 24.1 Å². The first kappa shape index (κ1) is 16.4. The van der Waals surface area contributed by atoms with Crippen LogP contribution < -0.4 is 10.1 Å². The van der Waals surface area contributed by atoms with Crippen LogP contribution in [0, 0.1) is 11.6 Å². The van der Waals surface area contributed by atoms with Crippen LogP contribution in [0.4, 0.5) is 14.5 Å². The Morgan fingerprint density at radius 1 is 1.21 bits per heavy atom. The summed E-state index contributed by atoms with van der Waals surface area (Å²) in [5.41, 5.74) is 0.281. The normalized spacial score (nSPS) is 16.8. The highest BCUT2D eigenvalue weighted by Crippen LogP contribution is 2.19. The molecule has 1 N–H and O–H groups in total. The largest absolute Gasteiger partial charge is 0.491 e. The Bertz CT molecular complexity index is 713. The molecule has 1 amide bonds. The topological polar surface area (TPSA) is 47.6 Å². The molecule has 126 valence electrons. The van der Waals surface area contributed by atoms with Crippen LogP contribution in [0.25, 0.3) is 0 Å². The van der Waals surface area contributed by atoms with Crippen LogP contribution in [0.5, 0.6) is 5.75 Å². The summed E-state index contributed by atoms with van der Waals surface area (Å²) in [4.78, 5) is 12.0. The van der Waals surface area contributed by atoms with E-state index in [0.717, 1.165) is 31.6 Å². The Kier molecular flexibility index (Phi) is 5.05. The van der Waals surface area contributed by atoms with Crippen molar-refractivity contribution in [3.63, 3.8) is 0 Å². The maximum Gasteiger partial charge on any atom is 0.258 e. The number of rotatable bonds is 5. The van der Waals surface area contributed by atoms with E-state index >= 15 is 0 Å². The number of hydrogen-bond donors (Lipinski definition) is 1. The Morgan fingerprint density at radius 3 is 2.67 bits per heavy atom. The first-order valence-electron chi connectivity index (χ1n) is 7.73. The van der Waals surface area contributed by atoms with Gasteiger partial charge in [0.15, 0.2) is 0 Å². The van der Waals surface area contributed by atoms with Gasteiger partial charge in [-0.2, -0.15) is 0 Å². The van der Waals surface area contributed by atoms with Crippen LogP contribution in [-0.2, 0) is 4.74 Å². The number of benzene rings is 2. The maximum atomic E-state index is 13.6. The molecule has 1 heterocycles. The maximum absolute atomic E-state index is 13.6. The molecule has 0 aliphatic carbocycles. The molecule has 0 unspecified atom stereocenters. The average molecular weight is 333 g/mol. The van der Waals surface area contributed by atoms with Crippen LogP contribution >= 0.6 is 0 Å². The van der Waals surface area contributed by atoms with Crippen molar-refractivity contribution in [3.8, 4) is 5.75 Å². The van der Waals surface area contributed by atoms with Gasteiger partial charge in [0.25, 0.3) is 5.91 Å². The molecule has 2 aromatic rings. The van der Waals surface area contributed by atoms with Gasteiger partial charge in [0, 0.05) is 18.4 Å². The highest BCUT2D eigenvalue weighted by Gasteiger charge is 2.16. The van der Waals surface area contributed by atoms with Gasteiger partial charge in [-0.3, -0.25) is 4.79 Å². The summed E-state index contributed by atoms with van der Waals surface area (Å²) in [5, 5.41) is 2.56. The molecule has 4 nitrogen and oxygen atoms in total. The zero-order valence-corrected chi connectivity index (χ0v) is 12.9. The molecule has 1 saturated heterocycles. The molecule has 0 radical (unpaired) electrons.